The van der Waals surface area contributed by atoms with Crippen LogP contribution in [0.15, 0.2) is 71.9 Å². The quantitative estimate of drug-likeness (QED) is 0.318. The van der Waals surface area contributed by atoms with Crippen LogP contribution < -0.4 is 5.32 Å². The van der Waals surface area contributed by atoms with Gasteiger partial charge in [0.1, 0.15) is 11.6 Å². The van der Waals surface area contributed by atoms with Gasteiger partial charge >= 0.3 is 0 Å². The Morgan fingerprint density at radius 2 is 1.78 bits per heavy atom. The molecule has 0 saturated heterocycles. The third-order valence-corrected chi connectivity index (χ3v) is 6.89. The summed E-state index contributed by atoms with van der Waals surface area (Å²) >= 11 is 3.08. The molecule has 4 rings (SSSR count). The van der Waals surface area contributed by atoms with Gasteiger partial charge in [-0.2, -0.15) is 0 Å². The molecule has 32 heavy (non-hydrogen) atoms. The van der Waals surface area contributed by atoms with Crippen molar-refractivity contribution < 1.29 is 9.18 Å². The second kappa shape index (κ2) is 10.7. The third kappa shape index (κ3) is 5.49. The first-order valence-electron chi connectivity index (χ1n) is 10.3. The lowest BCUT2D eigenvalue weighted by molar-refractivity contribution is -0.113. The number of halogens is 1. The van der Waals surface area contributed by atoms with Gasteiger partial charge in [-0.3, -0.25) is 4.79 Å². The Kier molecular flexibility index (Phi) is 7.44. The second-order valence-corrected chi connectivity index (χ2v) is 9.05. The van der Waals surface area contributed by atoms with Crippen molar-refractivity contribution in [2.24, 2.45) is 0 Å². The summed E-state index contributed by atoms with van der Waals surface area (Å²) in [6.07, 6.45) is 0. The second-order valence-electron chi connectivity index (χ2n) is 7.13. The summed E-state index contributed by atoms with van der Waals surface area (Å²) in [7, 11) is 0. The van der Waals surface area contributed by atoms with Gasteiger partial charge in [-0.15, -0.1) is 22.0 Å². The predicted octanol–water partition coefficient (Wildman–Crippen LogP) is 5.75. The van der Waals surface area contributed by atoms with E-state index >= 15 is 0 Å². The summed E-state index contributed by atoms with van der Waals surface area (Å²) in [5.74, 6) is 2.29. The van der Waals surface area contributed by atoms with Gasteiger partial charge in [0.05, 0.1) is 11.5 Å². The number of thioether (sulfide) groups is 2. The molecule has 8 heteroatoms. The van der Waals surface area contributed by atoms with Crippen LogP contribution in [0.25, 0.3) is 10.8 Å². The number of nitrogens with one attached hydrogen (secondary N) is 1. The molecule has 5 nitrogen and oxygen atoms in total. The van der Waals surface area contributed by atoms with Crippen molar-refractivity contribution in [2.75, 3.05) is 11.1 Å². The molecule has 0 radical (unpaired) electrons. The van der Waals surface area contributed by atoms with E-state index in [0.29, 0.717) is 5.75 Å². The number of fused-ring (bicyclic) bond motifs is 1. The van der Waals surface area contributed by atoms with Crippen molar-refractivity contribution >= 4 is 45.9 Å². The summed E-state index contributed by atoms with van der Waals surface area (Å²) in [5.41, 5.74) is 1.88. The zero-order valence-electron chi connectivity index (χ0n) is 17.6. The number of aromatic nitrogens is 3. The monoisotopic (exact) mass is 466 g/mol. The number of amides is 1. The lowest BCUT2D eigenvalue weighted by Gasteiger charge is -2.09. The first-order valence-corrected chi connectivity index (χ1v) is 12.4. The smallest absolute Gasteiger partial charge is 0.234 e. The van der Waals surface area contributed by atoms with Crippen LogP contribution in [0.1, 0.15) is 18.3 Å². The molecular weight excluding hydrogens is 443 g/mol. The maximum atomic E-state index is 13.0. The first kappa shape index (κ1) is 22.4. The topological polar surface area (TPSA) is 59.8 Å². The molecule has 0 unspecified atom stereocenters. The molecule has 1 heterocycles. The maximum absolute atomic E-state index is 13.0. The van der Waals surface area contributed by atoms with Crippen molar-refractivity contribution in [2.45, 2.75) is 30.1 Å². The summed E-state index contributed by atoms with van der Waals surface area (Å²) in [6, 6.07) is 20.4. The van der Waals surface area contributed by atoms with Crippen LogP contribution in [0.5, 0.6) is 0 Å². The lowest BCUT2D eigenvalue weighted by atomic mass is 10.1. The Morgan fingerprint density at radius 3 is 2.59 bits per heavy atom. The van der Waals surface area contributed by atoms with E-state index in [1.807, 2.05) is 54.0 Å². The molecule has 3 aromatic carbocycles. The van der Waals surface area contributed by atoms with E-state index in [4.69, 9.17) is 0 Å². The van der Waals surface area contributed by atoms with Crippen molar-refractivity contribution in [3.63, 3.8) is 0 Å². The molecule has 164 valence electrons. The molecule has 1 aromatic heterocycles. The van der Waals surface area contributed by atoms with E-state index in [1.54, 1.807) is 23.9 Å². The zero-order valence-corrected chi connectivity index (χ0v) is 19.3. The van der Waals surface area contributed by atoms with Crippen LogP contribution in [-0.2, 0) is 22.8 Å². The highest BCUT2D eigenvalue weighted by Gasteiger charge is 2.14. The fourth-order valence-corrected chi connectivity index (χ4v) is 5.09. The number of carbonyl (C=O) groups is 1. The molecule has 0 fully saturated rings. The van der Waals surface area contributed by atoms with Gasteiger partial charge in [0, 0.05) is 23.4 Å². The number of hydrogen-bond acceptors (Lipinski definition) is 5. The minimum atomic E-state index is -0.226. The van der Waals surface area contributed by atoms with E-state index in [2.05, 4.69) is 15.5 Å². The molecule has 1 N–H and O–H groups in total. The highest BCUT2D eigenvalue weighted by atomic mass is 32.2. The zero-order chi connectivity index (χ0) is 22.3. The Hall–Kier alpha value is -2.84. The molecular formula is C24H23FN4OS2. The Morgan fingerprint density at radius 1 is 1.00 bits per heavy atom. The Labute approximate surface area is 194 Å². The molecule has 0 aliphatic carbocycles. The van der Waals surface area contributed by atoms with E-state index in [1.165, 1.54) is 23.9 Å². The minimum Gasteiger partial charge on any atom is -0.325 e. The number of benzene rings is 3. The summed E-state index contributed by atoms with van der Waals surface area (Å²) in [5, 5.41) is 14.5. The Bertz CT molecular complexity index is 1210. The van der Waals surface area contributed by atoms with E-state index < -0.39 is 0 Å². The van der Waals surface area contributed by atoms with Crippen LogP contribution in [0, 0.1) is 5.82 Å². The summed E-state index contributed by atoms with van der Waals surface area (Å²) in [4.78, 5) is 12.6. The normalized spacial score (nSPS) is 11.1. The van der Waals surface area contributed by atoms with Crippen molar-refractivity contribution in [3.05, 3.63) is 83.9 Å². The molecule has 4 aromatic rings. The van der Waals surface area contributed by atoms with Gasteiger partial charge in [-0.1, -0.05) is 60.3 Å². The fraction of sp³-hybridized carbons (Fsp3) is 0.208. The summed E-state index contributed by atoms with van der Waals surface area (Å²) in [6.45, 7) is 2.77. The molecule has 0 atom stereocenters. The van der Waals surface area contributed by atoms with Crippen LogP contribution in [0.3, 0.4) is 0 Å². The first-order chi connectivity index (χ1) is 15.6. The molecule has 0 aliphatic rings. The third-order valence-electron chi connectivity index (χ3n) is 4.92. The van der Waals surface area contributed by atoms with E-state index in [0.717, 1.165) is 45.3 Å². The largest absolute Gasteiger partial charge is 0.325 e. The van der Waals surface area contributed by atoms with Gasteiger partial charge < -0.3 is 9.88 Å². The Balaban J connectivity index is 1.33. The highest BCUT2D eigenvalue weighted by molar-refractivity contribution is 7.99. The van der Waals surface area contributed by atoms with E-state index in [9.17, 15) is 9.18 Å². The van der Waals surface area contributed by atoms with Crippen LogP contribution in [0.4, 0.5) is 10.1 Å². The number of anilines is 1. The number of carbonyl (C=O) groups excluding carboxylic acids is 1. The fourth-order valence-electron chi connectivity index (χ4n) is 3.34. The molecule has 0 saturated carbocycles. The molecule has 0 spiro atoms. The number of rotatable bonds is 9. The molecule has 0 aliphatic heterocycles. The van der Waals surface area contributed by atoms with Gasteiger partial charge in [0.2, 0.25) is 5.91 Å². The van der Waals surface area contributed by atoms with Crippen LogP contribution in [-0.4, -0.2) is 26.4 Å². The van der Waals surface area contributed by atoms with Crippen LogP contribution >= 0.6 is 23.5 Å². The van der Waals surface area contributed by atoms with Crippen molar-refractivity contribution in [1.29, 1.82) is 0 Å². The van der Waals surface area contributed by atoms with Crippen molar-refractivity contribution in [1.82, 2.24) is 14.8 Å². The van der Waals surface area contributed by atoms with E-state index in [-0.39, 0.29) is 17.5 Å². The summed E-state index contributed by atoms with van der Waals surface area (Å²) < 4.78 is 15.1. The molecule has 0 bridgehead atoms. The van der Waals surface area contributed by atoms with Crippen molar-refractivity contribution in [3.8, 4) is 0 Å². The van der Waals surface area contributed by atoms with Crippen LogP contribution in [0.2, 0.25) is 0 Å². The van der Waals surface area contributed by atoms with Gasteiger partial charge in [0.15, 0.2) is 5.16 Å². The standard InChI is InChI=1S/C24H23FN4OS2/c1-2-29-22(15-31-14-17-10-12-19(25)13-11-17)27-28-24(29)32-16-23(30)26-21-9-5-7-18-6-3-4-8-20(18)21/h3-13H,2,14-16H2,1H3,(H,26,30). The van der Waals surface area contributed by atoms with Gasteiger partial charge in [-0.25, -0.2) is 4.39 Å². The average Bonchev–Trinajstić information content (AvgIpc) is 3.21. The maximum Gasteiger partial charge on any atom is 0.234 e. The lowest BCUT2D eigenvalue weighted by Crippen LogP contribution is -2.15. The van der Waals surface area contributed by atoms with Gasteiger partial charge in [0.25, 0.3) is 0 Å². The molecule has 1 amide bonds. The predicted molar refractivity (Wildman–Crippen MR) is 130 cm³/mol. The highest BCUT2D eigenvalue weighted by Crippen LogP contribution is 2.25. The minimum absolute atomic E-state index is 0.0794. The average molecular weight is 467 g/mol. The SMILES string of the molecule is CCn1c(CSCc2ccc(F)cc2)nnc1SCC(=O)Nc1cccc2ccccc12. The number of hydrogen-bond donors (Lipinski definition) is 1. The number of nitrogens with zero attached hydrogens (tertiary/aromatic N) is 3. The van der Waals surface area contributed by atoms with Gasteiger partial charge in [-0.05, 0) is 36.1 Å².